The Kier molecular flexibility index (Phi) is 7.80. The van der Waals surface area contributed by atoms with Crippen LogP contribution < -0.4 is 10.1 Å². The Morgan fingerprint density at radius 1 is 0.857 bits per heavy atom. The van der Waals surface area contributed by atoms with Crippen molar-refractivity contribution in [3.05, 3.63) is 48.5 Å². The smallest absolute Gasteiger partial charge is 0.243 e. The lowest BCUT2D eigenvalue weighted by Crippen LogP contribution is -2.43. The largest absolute Gasteiger partial charge is 0.495 e. The molecule has 1 N–H and O–H groups in total. The minimum Gasteiger partial charge on any atom is -0.495 e. The molecule has 190 valence electrons. The zero-order valence-corrected chi connectivity index (χ0v) is 21.4. The van der Waals surface area contributed by atoms with Crippen LogP contribution in [0.3, 0.4) is 0 Å². The highest BCUT2D eigenvalue weighted by molar-refractivity contribution is 7.89. The zero-order chi connectivity index (χ0) is 25.1. The van der Waals surface area contributed by atoms with E-state index in [1.54, 1.807) is 18.2 Å². The number of nitrogens with one attached hydrogen (secondary N) is 1. The molecule has 2 heterocycles. The van der Waals surface area contributed by atoms with E-state index in [4.69, 9.17) is 4.74 Å². The van der Waals surface area contributed by atoms with Crippen molar-refractivity contribution in [2.24, 2.45) is 5.92 Å². The molecule has 4 rings (SSSR count). The lowest BCUT2D eigenvalue weighted by atomic mass is 9.98. The van der Waals surface area contributed by atoms with E-state index in [-0.39, 0.29) is 27.9 Å². The summed E-state index contributed by atoms with van der Waals surface area (Å²) in [6, 6.07) is 12.6. The average molecular weight is 522 g/mol. The molecule has 2 aliphatic heterocycles. The van der Waals surface area contributed by atoms with Crippen LogP contribution in [0.15, 0.2) is 58.3 Å². The maximum Gasteiger partial charge on any atom is 0.243 e. The molecule has 2 saturated heterocycles. The number of hydrogen-bond acceptors (Lipinski definition) is 6. The van der Waals surface area contributed by atoms with Crippen LogP contribution in [-0.2, 0) is 24.8 Å². The third-order valence-electron chi connectivity index (χ3n) is 6.52. The predicted octanol–water partition coefficient (Wildman–Crippen LogP) is 2.91. The summed E-state index contributed by atoms with van der Waals surface area (Å²) in [6.07, 6.45) is 3.73. The van der Waals surface area contributed by atoms with E-state index >= 15 is 0 Å². The monoisotopic (exact) mass is 521 g/mol. The van der Waals surface area contributed by atoms with Gasteiger partial charge >= 0.3 is 0 Å². The predicted molar refractivity (Wildman–Crippen MR) is 132 cm³/mol. The number of anilines is 1. The van der Waals surface area contributed by atoms with Crippen LogP contribution in [0, 0.1) is 5.92 Å². The number of carbonyl (C=O) groups is 1. The molecule has 35 heavy (non-hydrogen) atoms. The van der Waals surface area contributed by atoms with Gasteiger partial charge in [-0.3, -0.25) is 4.79 Å². The first-order valence-electron chi connectivity index (χ1n) is 11.8. The number of sulfonamides is 2. The molecule has 0 radical (unpaired) electrons. The van der Waals surface area contributed by atoms with Gasteiger partial charge in [0, 0.05) is 26.2 Å². The summed E-state index contributed by atoms with van der Waals surface area (Å²) in [4.78, 5) is 13.4. The van der Waals surface area contributed by atoms with Crippen molar-refractivity contribution in [3.63, 3.8) is 0 Å². The molecule has 0 aromatic heterocycles. The van der Waals surface area contributed by atoms with Gasteiger partial charge in [0.2, 0.25) is 26.0 Å². The molecule has 1 atom stereocenters. The number of methoxy groups -OCH3 is 1. The maximum atomic E-state index is 13.2. The molecule has 0 saturated carbocycles. The molecule has 0 unspecified atom stereocenters. The number of piperidine rings is 2. The van der Waals surface area contributed by atoms with Gasteiger partial charge in [-0.25, -0.2) is 16.8 Å². The van der Waals surface area contributed by atoms with Crippen molar-refractivity contribution >= 4 is 31.6 Å². The molecule has 11 heteroatoms. The third-order valence-corrected chi connectivity index (χ3v) is 10.3. The van der Waals surface area contributed by atoms with Gasteiger partial charge in [-0.2, -0.15) is 8.61 Å². The molecule has 2 aliphatic rings. The fourth-order valence-corrected chi connectivity index (χ4v) is 7.64. The average Bonchev–Trinajstić information content (AvgIpc) is 2.89. The molecule has 2 fully saturated rings. The van der Waals surface area contributed by atoms with Crippen molar-refractivity contribution in [3.8, 4) is 5.75 Å². The number of nitrogens with zero attached hydrogens (tertiary/aromatic N) is 2. The van der Waals surface area contributed by atoms with E-state index in [1.807, 2.05) is 0 Å². The lowest BCUT2D eigenvalue weighted by Gasteiger charge is -2.31. The number of hydrogen-bond donors (Lipinski definition) is 1. The Morgan fingerprint density at radius 3 is 2.20 bits per heavy atom. The Balaban J connectivity index is 1.52. The minimum atomic E-state index is -3.71. The Labute approximate surface area is 207 Å². The Hall–Kier alpha value is -2.47. The second-order valence-electron chi connectivity index (χ2n) is 8.83. The molecular formula is C24H31N3O6S2. The van der Waals surface area contributed by atoms with Gasteiger partial charge in [0.25, 0.3) is 0 Å². The molecule has 9 nitrogen and oxygen atoms in total. The number of benzene rings is 2. The van der Waals surface area contributed by atoms with E-state index < -0.39 is 26.0 Å². The quantitative estimate of drug-likeness (QED) is 0.600. The summed E-state index contributed by atoms with van der Waals surface area (Å²) in [5.74, 6) is -0.612. The van der Waals surface area contributed by atoms with E-state index in [2.05, 4.69) is 5.32 Å². The SMILES string of the molecule is COc1ccc(S(=O)(=O)N2CCCCC2)cc1NC(=O)[C@@H]1CCCN(S(=O)(=O)c2ccccc2)C1. The van der Waals surface area contributed by atoms with Crippen molar-refractivity contribution in [2.45, 2.75) is 41.9 Å². The standard InChI is InChI=1S/C24H31N3O6S2/c1-33-23-13-12-21(35(31,32)26-14-6-3-7-15-26)17-22(23)25-24(28)19-9-8-16-27(18-19)34(29,30)20-10-4-2-5-11-20/h2,4-5,10-13,17,19H,3,6-9,14-16,18H2,1H3,(H,25,28)/t19-/m1/s1. The number of rotatable bonds is 7. The van der Waals surface area contributed by atoms with Crippen LogP contribution in [0.25, 0.3) is 0 Å². The van der Waals surface area contributed by atoms with E-state index in [0.29, 0.717) is 38.2 Å². The molecule has 1 amide bonds. The van der Waals surface area contributed by atoms with Gasteiger partial charge in [0.1, 0.15) is 5.75 Å². The summed E-state index contributed by atoms with van der Waals surface area (Å²) in [7, 11) is -5.96. The Bertz CT molecular complexity index is 1260. The number of amides is 1. The molecule has 0 bridgehead atoms. The second-order valence-corrected chi connectivity index (χ2v) is 12.7. The maximum absolute atomic E-state index is 13.2. The highest BCUT2D eigenvalue weighted by Crippen LogP contribution is 2.31. The van der Waals surface area contributed by atoms with E-state index in [1.165, 1.54) is 46.1 Å². The van der Waals surface area contributed by atoms with Gasteiger partial charge in [-0.1, -0.05) is 24.6 Å². The fraction of sp³-hybridized carbons (Fsp3) is 0.458. The molecule has 0 aliphatic carbocycles. The highest BCUT2D eigenvalue weighted by Gasteiger charge is 2.34. The van der Waals surface area contributed by atoms with Gasteiger partial charge in [-0.15, -0.1) is 0 Å². The minimum absolute atomic E-state index is 0.0527. The molecule has 2 aromatic carbocycles. The number of carbonyl (C=O) groups excluding carboxylic acids is 1. The van der Waals surface area contributed by atoms with Crippen molar-refractivity contribution in [1.29, 1.82) is 0 Å². The van der Waals surface area contributed by atoms with Crippen LogP contribution >= 0.6 is 0 Å². The van der Waals surface area contributed by atoms with Crippen LogP contribution in [0.1, 0.15) is 32.1 Å². The molecule has 2 aromatic rings. The van der Waals surface area contributed by atoms with Gasteiger partial charge in [-0.05, 0) is 56.0 Å². The summed E-state index contributed by atoms with van der Waals surface area (Å²) in [5.41, 5.74) is 0.249. The number of ether oxygens (including phenoxy) is 1. The first-order valence-corrected chi connectivity index (χ1v) is 14.7. The highest BCUT2D eigenvalue weighted by atomic mass is 32.2. The van der Waals surface area contributed by atoms with Crippen LogP contribution in [0.4, 0.5) is 5.69 Å². The second kappa shape index (κ2) is 10.7. The zero-order valence-electron chi connectivity index (χ0n) is 19.7. The van der Waals surface area contributed by atoms with Crippen molar-refractivity contribution < 1.29 is 26.4 Å². The summed E-state index contributed by atoms with van der Waals surface area (Å²) in [6.45, 7) is 1.35. The van der Waals surface area contributed by atoms with Crippen LogP contribution in [0.2, 0.25) is 0 Å². The topological polar surface area (TPSA) is 113 Å². The fourth-order valence-electron chi connectivity index (χ4n) is 4.55. The van der Waals surface area contributed by atoms with Crippen LogP contribution in [-0.4, -0.2) is 64.6 Å². The summed E-state index contributed by atoms with van der Waals surface area (Å²) in [5, 5.41) is 2.79. The molecule has 0 spiro atoms. The lowest BCUT2D eigenvalue weighted by molar-refractivity contribution is -0.120. The van der Waals surface area contributed by atoms with Crippen LogP contribution in [0.5, 0.6) is 5.75 Å². The van der Waals surface area contributed by atoms with E-state index in [0.717, 1.165) is 19.3 Å². The van der Waals surface area contributed by atoms with Gasteiger partial charge in [0.05, 0.1) is 28.5 Å². The van der Waals surface area contributed by atoms with Gasteiger partial charge in [0.15, 0.2) is 0 Å². The summed E-state index contributed by atoms with van der Waals surface area (Å²) >= 11 is 0. The summed E-state index contributed by atoms with van der Waals surface area (Å²) < 4.78 is 60.4. The van der Waals surface area contributed by atoms with E-state index in [9.17, 15) is 21.6 Å². The van der Waals surface area contributed by atoms with Crippen molar-refractivity contribution in [2.75, 3.05) is 38.6 Å². The van der Waals surface area contributed by atoms with Gasteiger partial charge < -0.3 is 10.1 Å². The first-order chi connectivity index (χ1) is 16.7. The first kappa shape index (κ1) is 25.6. The van der Waals surface area contributed by atoms with Crippen molar-refractivity contribution in [1.82, 2.24) is 8.61 Å². The molecular weight excluding hydrogens is 490 g/mol. The third kappa shape index (κ3) is 5.53. The normalized spacial score (nSPS) is 20.3. The Morgan fingerprint density at radius 2 is 1.51 bits per heavy atom.